The summed E-state index contributed by atoms with van der Waals surface area (Å²) in [6, 6.07) is 17.1. The van der Waals surface area contributed by atoms with E-state index in [1.807, 2.05) is 30.3 Å². The summed E-state index contributed by atoms with van der Waals surface area (Å²) in [4.78, 5) is 17.0. The summed E-state index contributed by atoms with van der Waals surface area (Å²) in [5, 5.41) is 10.4. The van der Waals surface area contributed by atoms with Crippen LogP contribution in [0.25, 0.3) is 0 Å². The van der Waals surface area contributed by atoms with Gasteiger partial charge in [-0.2, -0.15) is 0 Å². The van der Waals surface area contributed by atoms with Crippen molar-refractivity contribution >= 4 is 11.8 Å². The molecular weight excluding hydrogens is 493 g/mol. The average Bonchev–Trinajstić information content (AvgIpc) is 3.35. The van der Waals surface area contributed by atoms with Crippen LogP contribution in [0.4, 0.5) is 4.39 Å². The number of aromatic nitrogens is 1. The van der Waals surface area contributed by atoms with Crippen molar-refractivity contribution in [3.8, 4) is 11.6 Å². The molecule has 1 aromatic heterocycles. The molecule has 2 heterocycles. The maximum atomic E-state index is 14.7. The first-order valence-corrected chi connectivity index (χ1v) is 12.1. The maximum absolute atomic E-state index is 14.7. The van der Waals surface area contributed by atoms with E-state index in [0.717, 1.165) is 5.56 Å². The lowest BCUT2D eigenvalue weighted by molar-refractivity contribution is -0.0525. The minimum atomic E-state index is -0.665. The quantitative estimate of drug-likeness (QED) is 0.277. The number of pyridine rings is 1. The van der Waals surface area contributed by atoms with Gasteiger partial charge >= 0.3 is 5.95 Å². The minimum Gasteiger partial charge on any atom is -0.481 e. The SMILES string of the molecule is CCOC(=N)[C@@H](C)Oc1ccc(CNC(=O)c2cccnc2OC2=COC(Cc3ccccc3)O2)c(F)c1. The largest absolute Gasteiger partial charge is 0.481 e. The molecule has 9 nitrogen and oxygen atoms in total. The van der Waals surface area contributed by atoms with E-state index in [0.29, 0.717) is 13.0 Å². The molecule has 10 heteroatoms. The summed E-state index contributed by atoms with van der Waals surface area (Å²) >= 11 is 0. The van der Waals surface area contributed by atoms with E-state index < -0.39 is 24.1 Å². The van der Waals surface area contributed by atoms with Gasteiger partial charge in [0.1, 0.15) is 17.1 Å². The second kappa shape index (κ2) is 12.6. The van der Waals surface area contributed by atoms with E-state index in [1.54, 1.807) is 26.0 Å². The minimum absolute atomic E-state index is 0.0233. The Labute approximate surface area is 219 Å². The highest BCUT2D eigenvalue weighted by atomic mass is 19.1. The highest BCUT2D eigenvalue weighted by Crippen LogP contribution is 2.24. The predicted octanol–water partition coefficient (Wildman–Crippen LogP) is 4.73. The van der Waals surface area contributed by atoms with Crippen molar-refractivity contribution in [2.75, 3.05) is 6.61 Å². The summed E-state index contributed by atoms with van der Waals surface area (Å²) in [5.74, 6) is -0.772. The van der Waals surface area contributed by atoms with Crippen molar-refractivity contribution in [3.05, 3.63) is 102 Å². The zero-order valence-electron chi connectivity index (χ0n) is 21.0. The molecule has 0 spiro atoms. The van der Waals surface area contributed by atoms with Crippen molar-refractivity contribution in [2.45, 2.75) is 39.2 Å². The molecule has 1 aliphatic heterocycles. The third kappa shape index (κ3) is 7.00. The van der Waals surface area contributed by atoms with Gasteiger partial charge in [0.05, 0.1) is 6.61 Å². The fourth-order valence-electron chi connectivity index (χ4n) is 3.55. The number of benzene rings is 2. The third-order valence-electron chi connectivity index (χ3n) is 5.47. The van der Waals surface area contributed by atoms with Gasteiger partial charge in [-0.3, -0.25) is 10.2 Å². The molecule has 198 valence electrons. The highest BCUT2D eigenvalue weighted by molar-refractivity contribution is 5.96. The smallest absolute Gasteiger partial charge is 0.325 e. The van der Waals surface area contributed by atoms with E-state index in [-0.39, 0.29) is 41.1 Å². The zero-order valence-corrected chi connectivity index (χ0v) is 21.0. The van der Waals surface area contributed by atoms with Gasteiger partial charge < -0.3 is 29.0 Å². The Bertz CT molecular complexity index is 1300. The molecule has 0 fully saturated rings. The van der Waals surface area contributed by atoms with Crippen LogP contribution in [0.2, 0.25) is 0 Å². The number of carbonyl (C=O) groups is 1. The molecule has 3 aromatic rings. The van der Waals surface area contributed by atoms with Crippen LogP contribution in [0.1, 0.15) is 35.3 Å². The molecule has 0 radical (unpaired) electrons. The van der Waals surface area contributed by atoms with Crippen molar-refractivity contribution in [2.24, 2.45) is 0 Å². The predicted molar refractivity (Wildman–Crippen MR) is 136 cm³/mol. The van der Waals surface area contributed by atoms with Crippen molar-refractivity contribution in [3.63, 3.8) is 0 Å². The van der Waals surface area contributed by atoms with Crippen molar-refractivity contribution < 1.29 is 32.9 Å². The molecule has 2 aromatic carbocycles. The first-order chi connectivity index (χ1) is 18.4. The fourth-order valence-corrected chi connectivity index (χ4v) is 3.55. The number of ether oxygens (including phenoxy) is 5. The first-order valence-electron chi connectivity index (χ1n) is 12.1. The van der Waals surface area contributed by atoms with Crippen LogP contribution in [0.15, 0.2) is 79.1 Å². The van der Waals surface area contributed by atoms with Crippen LogP contribution in [-0.4, -0.2) is 35.8 Å². The lowest BCUT2D eigenvalue weighted by atomic mass is 10.1. The van der Waals surface area contributed by atoms with Crippen molar-refractivity contribution in [1.29, 1.82) is 5.41 Å². The Morgan fingerprint density at radius 2 is 2.00 bits per heavy atom. The Morgan fingerprint density at radius 3 is 2.76 bits per heavy atom. The van der Waals surface area contributed by atoms with Crippen LogP contribution < -0.4 is 14.8 Å². The standard InChI is InChI=1S/C28H28FN3O6/c1-3-34-26(30)18(2)36-21-12-11-20(23(29)15-21)16-32-27(33)22-10-7-13-31-28(22)38-25-17-35-24(37-25)14-19-8-5-4-6-9-19/h4-13,15,17-18,24,30H,3,14,16H2,1-2H3,(H,32,33)/t18-,24?/m1/s1. The molecule has 0 aliphatic carbocycles. The zero-order chi connectivity index (χ0) is 26.9. The number of hydrogen-bond acceptors (Lipinski definition) is 8. The average molecular weight is 522 g/mol. The van der Waals surface area contributed by atoms with Gasteiger partial charge in [-0.15, -0.1) is 0 Å². The second-order valence-electron chi connectivity index (χ2n) is 8.26. The second-order valence-corrected chi connectivity index (χ2v) is 8.26. The maximum Gasteiger partial charge on any atom is 0.325 e. The molecule has 2 N–H and O–H groups in total. The number of nitrogens with one attached hydrogen (secondary N) is 2. The van der Waals surface area contributed by atoms with Gasteiger partial charge in [0.15, 0.2) is 12.4 Å². The monoisotopic (exact) mass is 521 g/mol. The summed E-state index contributed by atoms with van der Waals surface area (Å²) in [7, 11) is 0. The van der Waals surface area contributed by atoms with E-state index in [9.17, 15) is 9.18 Å². The number of amides is 1. The molecule has 1 amide bonds. The van der Waals surface area contributed by atoms with Gasteiger partial charge in [-0.1, -0.05) is 36.4 Å². The molecular formula is C28H28FN3O6. The Kier molecular flexibility index (Phi) is 8.76. The van der Waals surface area contributed by atoms with Gasteiger partial charge in [0.25, 0.3) is 5.91 Å². The Hall–Kier alpha value is -4.60. The lowest BCUT2D eigenvalue weighted by Gasteiger charge is -2.16. The van der Waals surface area contributed by atoms with Crippen LogP contribution in [0.5, 0.6) is 11.6 Å². The number of nitrogens with zero attached hydrogens (tertiary/aromatic N) is 1. The Morgan fingerprint density at radius 1 is 1.18 bits per heavy atom. The summed E-state index contributed by atoms with van der Waals surface area (Å²) in [6.45, 7) is 3.67. The van der Waals surface area contributed by atoms with Crippen LogP contribution in [0, 0.1) is 11.2 Å². The highest BCUT2D eigenvalue weighted by Gasteiger charge is 2.24. The molecule has 4 rings (SSSR count). The van der Waals surface area contributed by atoms with E-state index >= 15 is 0 Å². The van der Waals surface area contributed by atoms with E-state index in [4.69, 9.17) is 29.1 Å². The first kappa shape index (κ1) is 26.5. The number of rotatable bonds is 11. The topological polar surface area (TPSA) is 112 Å². The molecule has 1 unspecified atom stereocenters. The van der Waals surface area contributed by atoms with Crippen LogP contribution in [0.3, 0.4) is 0 Å². The molecule has 38 heavy (non-hydrogen) atoms. The third-order valence-corrected chi connectivity index (χ3v) is 5.47. The number of carbonyl (C=O) groups excluding carboxylic acids is 1. The molecule has 0 bridgehead atoms. The summed E-state index contributed by atoms with van der Waals surface area (Å²) in [5.41, 5.74) is 1.44. The van der Waals surface area contributed by atoms with Gasteiger partial charge in [-0.25, -0.2) is 9.37 Å². The van der Waals surface area contributed by atoms with E-state index in [2.05, 4.69) is 10.3 Å². The fraction of sp³-hybridized carbons (Fsp3) is 0.250. The number of halogens is 1. The summed E-state index contributed by atoms with van der Waals surface area (Å²) in [6.07, 6.45) is 2.11. The van der Waals surface area contributed by atoms with E-state index in [1.165, 1.54) is 30.7 Å². The molecule has 0 saturated carbocycles. The normalized spacial score (nSPS) is 14.9. The van der Waals surface area contributed by atoms with Crippen LogP contribution >= 0.6 is 0 Å². The van der Waals surface area contributed by atoms with Gasteiger partial charge in [0.2, 0.25) is 18.1 Å². The molecule has 1 aliphatic rings. The van der Waals surface area contributed by atoms with Crippen LogP contribution in [-0.2, 0) is 27.2 Å². The Balaban J connectivity index is 1.33. The number of hydrogen-bond donors (Lipinski definition) is 2. The molecule has 2 atom stereocenters. The lowest BCUT2D eigenvalue weighted by Crippen LogP contribution is -2.26. The van der Waals surface area contributed by atoms with Crippen molar-refractivity contribution in [1.82, 2.24) is 10.3 Å². The summed E-state index contributed by atoms with van der Waals surface area (Å²) < 4.78 is 42.2. The van der Waals surface area contributed by atoms with Gasteiger partial charge in [0, 0.05) is 30.8 Å². The van der Waals surface area contributed by atoms with Gasteiger partial charge in [-0.05, 0) is 37.6 Å². The molecule has 0 saturated heterocycles.